The van der Waals surface area contributed by atoms with Crippen molar-refractivity contribution in [1.29, 1.82) is 0 Å². The van der Waals surface area contributed by atoms with Crippen molar-refractivity contribution in [2.24, 2.45) is 0 Å². The van der Waals surface area contributed by atoms with Crippen LogP contribution in [0.2, 0.25) is 0 Å². The maximum atomic E-state index is 13.8. The number of nitrogens with one attached hydrogen (secondary N) is 1. The zero-order chi connectivity index (χ0) is 19.4. The van der Waals surface area contributed by atoms with Gasteiger partial charge in [0.15, 0.2) is 0 Å². The predicted octanol–water partition coefficient (Wildman–Crippen LogP) is 3.90. The number of halogens is 1. The highest BCUT2D eigenvalue weighted by atomic mass is 32.2. The molecule has 0 saturated carbocycles. The van der Waals surface area contributed by atoms with Crippen LogP contribution in [0.5, 0.6) is 0 Å². The van der Waals surface area contributed by atoms with Gasteiger partial charge in [-0.1, -0.05) is 36.0 Å². The van der Waals surface area contributed by atoms with E-state index in [0.717, 1.165) is 11.8 Å². The highest BCUT2D eigenvalue weighted by molar-refractivity contribution is 8.00. The molecule has 0 saturated heterocycles. The lowest BCUT2D eigenvalue weighted by Gasteiger charge is -2.10. The van der Waals surface area contributed by atoms with Gasteiger partial charge >= 0.3 is 0 Å². The lowest BCUT2D eigenvalue weighted by Crippen LogP contribution is -2.22. The maximum absolute atomic E-state index is 13.8. The lowest BCUT2D eigenvalue weighted by atomic mass is 10.2. The van der Waals surface area contributed by atoms with Crippen molar-refractivity contribution in [2.75, 3.05) is 5.32 Å². The molecule has 0 aliphatic rings. The molecule has 1 aromatic heterocycles. The van der Waals surface area contributed by atoms with Gasteiger partial charge in [0.2, 0.25) is 5.91 Å². The van der Waals surface area contributed by atoms with E-state index in [1.165, 1.54) is 30.3 Å². The van der Waals surface area contributed by atoms with Crippen molar-refractivity contribution < 1.29 is 18.5 Å². The van der Waals surface area contributed by atoms with Crippen LogP contribution in [0, 0.1) is 15.9 Å². The maximum Gasteiger partial charge on any atom is 0.292 e. The molecule has 1 N–H and O–H groups in total. The fourth-order valence-electron chi connectivity index (χ4n) is 2.18. The van der Waals surface area contributed by atoms with E-state index in [4.69, 9.17) is 4.42 Å². The fraction of sp³-hybridized carbons (Fsp3) is 0.118. The number of para-hydroxylation sites is 2. The van der Waals surface area contributed by atoms with Crippen LogP contribution in [0.15, 0.2) is 58.2 Å². The first-order chi connectivity index (χ1) is 13.0. The van der Waals surface area contributed by atoms with E-state index in [1.807, 2.05) is 0 Å². The molecule has 0 bridgehead atoms. The molecule has 2 aromatic carbocycles. The van der Waals surface area contributed by atoms with E-state index in [2.05, 4.69) is 15.5 Å². The molecular weight excluding hydrogens is 375 g/mol. The van der Waals surface area contributed by atoms with Crippen molar-refractivity contribution >= 4 is 29.0 Å². The zero-order valence-electron chi connectivity index (χ0n) is 14.0. The Morgan fingerprint density at radius 1 is 1.22 bits per heavy atom. The third-order valence-corrected chi connectivity index (χ3v) is 4.45. The molecule has 8 nitrogen and oxygen atoms in total. The summed E-state index contributed by atoms with van der Waals surface area (Å²) in [6.45, 7) is 1.59. The van der Waals surface area contributed by atoms with Crippen LogP contribution >= 0.6 is 11.8 Å². The summed E-state index contributed by atoms with van der Waals surface area (Å²) in [5.41, 5.74) is 0.0501. The van der Waals surface area contributed by atoms with Crippen molar-refractivity contribution in [2.45, 2.75) is 17.4 Å². The Morgan fingerprint density at radius 3 is 2.67 bits per heavy atom. The topological polar surface area (TPSA) is 111 Å². The number of carbonyl (C=O) groups is 1. The number of hydrogen-bond acceptors (Lipinski definition) is 7. The van der Waals surface area contributed by atoms with Crippen LogP contribution in [-0.2, 0) is 4.79 Å². The summed E-state index contributed by atoms with van der Waals surface area (Å²) in [6, 6.07) is 11.8. The molecule has 1 heterocycles. The van der Waals surface area contributed by atoms with Gasteiger partial charge in [0, 0.05) is 6.07 Å². The number of hydrogen-bond donors (Lipinski definition) is 1. The van der Waals surface area contributed by atoms with E-state index >= 15 is 0 Å². The lowest BCUT2D eigenvalue weighted by molar-refractivity contribution is -0.383. The standard InChI is InChI=1S/C17H13FN4O4S/c1-10(15(23)19-13-8-4-5-9-14(13)22(24)25)27-17-21-20-16(26-17)11-6-2-3-7-12(11)18/h2-10H,1H3,(H,19,23)/t10-/m1/s1. The molecule has 3 rings (SSSR count). The van der Waals surface area contributed by atoms with Gasteiger partial charge < -0.3 is 9.73 Å². The molecule has 3 aromatic rings. The molecule has 138 valence electrons. The Balaban J connectivity index is 1.69. The molecular formula is C17H13FN4O4S. The number of amides is 1. The average molecular weight is 388 g/mol. The average Bonchev–Trinajstić information content (AvgIpc) is 3.10. The largest absolute Gasteiger partial charge is 0.411 e. The summed E-state index contributed by atoms with van der Waals surface area (Å²) in [6.07, 6.45) is 0. The quantitative estimate of drug-likeness (QED) is 0.387. The SMILES string of the molecule is C[C@@H](Sc1nnc(-c2ccccc2F)o1)C(=O)Nc1ccccc1[N+](=O)[O-]. The van der Waals surface area contributed by atoms with E-state index in [9.17, 15) is 19.3 Å². The molecule has 10 heteroatoms. The number of thioether (sulfide) groups is 1. The Hall–Kier alpha value is -3.27. The molecule has 0 aliphatic carbocycles. The molecule has 0 spiro atoms. The van der Waals surface area contributed by atoms with Gasteiger partial charge in [0.05, 0.1) is 15.7 Å². The van der Waals surface area contributed by atoms with Crippen molar-refractivity contribution in [3.63, 3.8) is 0 Å². The number of anilines is 1. The number of benzene rings is 2. The van der Waals surface area contributed by atoms with E-state index in [1.54, 1.807) is 25.1 Å². The van der Waals surface area contributed by atoms with Crippen LogP contribution in [0.25, 0.3) is 11.5 Å². The minimum atomic E-state index is -0.682. The molecule has 1 atom stereocenters. The van der Waals surface area contributed by atoms with Gasteiger partial charge in [-0.05, 0) is 25.1 Å². The third-order valence-electron chi connectivity index (χ3n) is 3.52. The minimum absolute atomic E-state index is 0.00176. The highest BCUT2D eigenvalue weighted by Gasteiger charge is 2.22. The summed E-state index contributed by atoms with van der Waals surface area (Å²) in [5.74, 6) is -0.971. The molecule has 0 fully saturated rings. The number of nitro groups is 1. The number of carbonyl (C=O) groups excluding carboxylic acids is 1. The molecule has 1 amide bonds. The second-order valence-electron chi connectivity index (χ2n) is 5.38. The smallest absolute Gasteiger partial charge is 0.292 e. The van der Waals surface area contributed by atoms with Crippen LogP contribution in [0.1, 0.15) is 6.92 Å². The zero-order valence-corrected chi connectivity index (χ0v) is 14.8. The summed E-state index contributed by atoms with van der Waals surface area (Å²) in [4.78, 5) is 22.8. The first-order valence-corrected chi connectivity index (χ1v) is 8.63. The van der Waals surface area contributed by atoms with Crippen molar-refractivity contribution in [3.8, 4) is 11.5 Å². The molecule has 0 aliphatic heterocycles. The van der Waals surface area contributed by atoms with Gasteiger partial charge in [-0.25, -0.2) is 4.39 Å². The number of rotatable bonds is 6. The molecule has 0 unspecified atom stereocenters. The fourth-order valence-corrected chi connectivity index (χ4v) is 2.86. The summed E-state index contributed by atoms with van der Waals surface area (Å²) in [5, 5.41) is 20.5. The third kappa shape index (κ3) is 4.29. The second kappa shape index (κ2) is 7.96. The van der Waals surface area contributed by atoms with Gasteiger partial charge in [0.1, 0.15) is 11.5 Å². The number of nitro benzene ring substituents is 1. The first kappa shape index (κ1) is 18.5. The first-order valence-electron chi connectivity index (χ1n) is 7.75. The van der Waals surface area contributed by atoms with Crippen LogP contribution in [0.4, 0.5) is 15.8 Å². The van der Waals surface area contributed by atoms with E-state index in [-0.39, 0.29) is 28.1 Å². The van der Waals surface area contributed by atoms with E-state index < -0.39 is 21.9 Å². The Kier molecular flexibility index (Phi) is 5.46. The van der Waals surface area contributed by atoms with Gasteiger partial charge in [-0.3, -0.25) is 14.9 Å². The highest BCUT2D eigenvalue weighted by Crippen LogP contribution is 2.29. The molecule has 0 radical (unpaired) electrons. The predicted molar refractivity (Wildman–Crippen MR) is 96.7 cm³/mol. The summed E-state index contributed by atoms with van der Waals surface area (Å²) in [7, 11) is 0. The normalized spacial score (nSPS) is 11.8. The molecule has 27 heavy (non-hydrogen) atoms. The van der Waals surface area contributed by atoms with Crippen LogP contribution in [-0.4, -0.2) is 26.3 Å². The van der Waals surface area contributed by atoms with E-state index in [0.29, 0.717) is 0 Å². The Bertz CT molecular complexity index is 994. The van der Waals surface area contributed by atoms with Crippen LogP contribution < -0.4 is 5.32 Å². The van der Waals surface area contributed by atoms with Crippen molar-refractivity contribution in [1.82, 2.24) is 10.2 Å². The second-order valence-corrected chi connectivity index (χ2v) is 6.67. The minimum Gasteiger partial charge on any atom is -0.411 e. The van der Waals surface area contributed by atoms with Gasteiger partial charge in [-0.15, -0.1) is 10.2 Å². The van der Waals surface area contributed by atoms with Crippen molar-refractivity contribution in [3.05, 3.63) is 64.5 Å². The Morgan fingerprint density at radius 2 is 1.93 bits per heavy atom. The van der Waals surface area contributed by atoms with Gasteiger partial charge in [-0.2, -0.15) is 0 Å². The number of nitrogens with zero attached hydrogens (tertiary/aromatic N) is 3. The number of aromatic nitrogens is 2. The van der Waals surface area contributed by atoms with Crippen LogP contribution in [0.3, 0.4) is 0 Å². The summed E-state index contributed by atoms with van der Waals surface area (Å²) < 4.78 is 19.2. The monoisotopic (exact) mass is 388 g/mol. The Labute approximate surface area is 156 Å². The van der Waals surface area contributed by atoms with Gasteiger partial charge in [0.25, 0.3) is 16.8 Å². The summed E-state index contributed by atoms with van der Waals surface area (Å²) >= 11 is 0.962.